The molecular weight excluding hydrogens is 397 g/mol. The monoisotopic (exact) mass is 414 g/mol. The van der Waals surface area contributed by atoms with Gasteiger partial charge in [-0.05, 0) is 43.3 Å². The second-order valence-electron chi connectivity index (χ2n) is 5.90. The minimum absolute atomic E-state index is 0.318. The van der Waals surface area contributed by atoms with Gasteiger partial charge in [-0.3, -0.25) is 14.4 Å². The highest BCUT2D eigenvalue weighted by Crippen LogP contribution is 2.24. The Hall–Kier alpha value is -3.41. The fraction of sp³-hybridized carbons (Fsp3) is 0.0556. The summed E-state index contributed by atoms with van der Waals surface area (Å²) in [6.45, 7) is 2.03. The van der Waals surface area contributed by atoms with Crippen LogP contribution in [0.3, 0.4) is 0 Å². The van der Waals surface area contributed by atoms with Gasteiger partial charge in [0.05, 0.1) is 5.52 Å². The molecule has 2 heterocycles. The van der Waals surface area contributed by atoms with Crippen LogP contribution in [0.15, 0.2) is 54.7 Å². The van der Waals surface area contributed by atoms with Crippen molar-refractivity contribution < 1.29 is 13.2 Å². The Balaban J connectivity index is 0.000000552. The number of rotatable bonds is 4. The van der Waals surface area contributed by atoms with Crippen LogP contribution in [0.5, 0.6) is 0 Å². The summed E-state index contributed by atoms with van der Waals surface area (Å²) in [5, 5.41) is 18.0. The van der Waals surface area contributed by atoms with Crippen molar-refractivity contribution in [3.8, 4) is 0 Å². The van der Waals surface area contributed by atoms with Gasteiger partial charge in [0.2, 0.25) is 5.95 Å². The topological polar surface area (TPSA) is 145 Å². The molecular formula is C18H17FN7O2S-. The van der Waals surface area contributed by atoms with Gasteiger partial charge in [-0.15, -0.1) is 0 Å². The van der Waals surface area contributed by atoms with Crippen LogP contribution in [0.4, 0.5) is 27.7 Å². The van der Waals surface area contributed by atoms with Crippen LogP contribution in [-0.2, 0) is 11.3 Å². The molecule has 4 rings (SSSR count). The number of nitrogens with one attached hydrogen (secondary N) is 3. The van der Waals surface area contributed by atoms with Crippen molar-refractivity contribution in [2.45, 2.75) is 6.92 Å². The summed E-state index contributed by atoms with van der Waals surface area (Å²) in [7, 11) is 0. The first-order chi connectivity index (χ1) is 13.9. The lowest BCUT2D eigenvalue weighted by Crippen LogP contribution is -2.00. The zero-order valence-corrected chi connectivity index (χ0v) is 16.0. The number of hydrogen-bond acceptors (Lipinski definition) is 7. The molecule has 4 aromatic rings. The van der Waals surface area contributed by atoms with Crippen molar-refractivity contribution in [3.05, 3.63) is 66.1 Å². The number of halogens is 1. The Kier molecular flexibility index (Phi) is 6.44. The van der Waals surface area contributed by atoms with E-state index in [2.05, 4.69) is 35.9 Å². The van der Waals surface area contributed by atoms with E-state index < -0.39 is 11.3 Å². The maximum Gasteiger partial charge on any atom is 0.229 e. The van der Waals surface area contributed by atoms with Crippen molar-refractivity contribution in [2.75, 3.05) is 10.6 Å². The highest BCUT2D eigenvalue weighted by atomic mass is 32.2. The third-order valence-electron chi connectivity index (χ3n) is 3.73. The molecule has 2 aromatic heterocycles. The predicted octanol–water partition coefficient (Wildman–Crippen LogP) is 3.03. The van der Waals surface area contributed by atoms with Crippen LogP contribution in [0.2, 0.25) is 0 Å². The van der Waals surface area contributed by atoms with Gasteiger partial charge in [0.1, 0.15) is 11.6 Å². The van der Waals surface area contributed by atoms with E-state index in [0.717, 1.165) is 11.2 Å². The normalized spacial score (nSPS) is 11.4. The zero-order valence-electron chi connectivity index (χ0n) is 15.2. The van der Waals surface area contributed by atoms with Gasteiger partial charge in [0.15, 0.2) is 5.82 Å². The molecule has 1 atom stereocenters. The number of fused-ring (bicyclic) bond motifs is 1. The van der Waals surface area contributed by atoms with Gasteiger partial charge in [-0.2, -0.15) is 10.1 Å². The van der Waals surface area contributed by atoms with Crippen LogP contribution in [0.1, 0.15) is 5.56 Å². The summed E-state index contributed by atoms with van der Waals surface area (Å²) in [6.07, 6.45) is 1.64. The van der Waals surface area contributed by atoms with Crippen LogP contribution in [0.25, 0.3) is 10.9 Å². The molecule has 0 saturated carbocycles. The lowest BCUT2D eigenvalue weighted by Gasteiger charge is -2.07. The summed E-state index contributed by atoms with van der Waals surface area (Å²) in [5.41, 5.74) is 2.82. The van der Waals surface area contributed by atoms with E-state index in [1.54, 1.807) is 18.3 Å². The quantitative estimate of drug-likeness (QED) is 0.376. The molecule has 5 N–H and O–H groups in total. The van der Waals surface area contributed by atoms with Crippen LogP contribution >= 0.6 is 0 Å². The third kappa shape index (κ3) is 5.78. The molecule has 29 heavy (non-hydrogen) atoms. The molecule has 2 aromatic carbocycles. The maximum absolute atomic E-state index is 13.5. The van der Waals surface area contributed by atoms with Crippen LogP contribution in [0, 0.1) is 12.7 Å². The minimum atomic E-state index is -2.36. The zero-order chi connectivity index (χ0) is 20.8. The van der Waals surface area contributed by atoms with Crippen LogP contribution < -0.4 is 15.8 Å². The Morgan fingerprint density at radius 2 is 1.86 bits per heavy atom. The summed E-state index contributed by atoms with van der Waals surface area (Å²) in [6, 6.07) is 14.1. The van der Waals surface area contributed by atoms with Gasteiger partial charge >= 0.3 is 0 Å². The Morgan fingerprint density at radius 1 is 1.14 bits per heavy atom. The average molecular weight is 414 g/mol. The molecule has 0 fully saturated rings. The fourth-order valence-electron chi connectivity index (χ4n) is 2.46. The maximum atomic E-state index is 13.5. The fourth-order valence-corrected chi connectivity index (χ4v) is 2.46. The lowest BCUT2D eigenvalue weighted by atomic mass is 10.2. The van der Waals surface area contributed by atoms with Gasteiger partial charge in [0.25, 0.3) is 0 Å². The summed E-state index contributed by atoms with van der Waals surface area (Å²) in [5.74, 6) is 1.21. The smallest absolute Gasteiger partial charge is 0.229 e. The standard InChI is InChI=1S/C18H15FN6.H3NO2S/c1-11-2-5-13(6-3-11)21-18-20-9-8-16(23-18)22-17-14-10-12(19)4-7-15(14)24-25-17;1-4(2)3/h2-10H,1H3,(H3,20,21,22,23,24,25);1H2,(H,2,3)/p-1. The van der Waals surface area contributed by atoms with E-state index >= 15 is 0 Å². The predicted molar refractivity (Wildman–Crippen MR) is 109 cm³/mol. The van der Waals surface area contributed by atoms with Gasteiger partial charge in [-0.1, -0.05) is 17.7 Å². The molecule has 0 aliphatic heterocycles. The molecule has 0 aliphatic rings. The molecule has 0 bridgehead atoms. The number of nitrogens with zero attached hydrogens (tertiary/aromatic N) is 3. The number of aromatic amines is 1. The number of H-pyrrole nitrogens is 1. The number of aryl methyl sites for hydroxylation is 1. The van der Waals surface area contributed by atoms with Gasteiger partial charge in [-0.25, -0.2) is 9.37 Å². The highest BCUT2D eigenvalue weighted by Gasteiger charge is 2.08. The van der Waals surface area contributed by atoms with E-state index in [4.69, 9.17) is 8.76 Å². The molecule has 0 amide bonds. The Labute approximate surface area is 168 Å². The molecule has 0 radical (unpaired) electrons. The van der Waals surface area contributed by atoms with E-state index in [-0.39, 0.29) is 5.82 Å². The Bertz CT molecular complexity index is 1130. The SMILES string of the molecule is Cc1ccc(Nc2nccc(Nc3n[nH]c4ccc(F)cc34)n2)cc1.NS(=O)[O-]. The van der Waals surface area contributed by atoms with E-state index in [1.807, 2.05) is 31.2 Å². The lowest BCUT2D eigenvalue weighted by molar-refractivity contribution is 0.538. The summed E-state index contributed by atoms with van der Waals surface area (Å²) < 4.78 is 31.0. The number of benzene rings is 2. The second kappa shape index (κ2) is 9.19. The molecule has 0 spiro atoms. The largest absolute Gasteiger partial charge is 0.760 e. The van der Waals surface area contributed by atoms with E-state index in [0.29, 0.717) is 23.0 Å². The van der Waals surface area contributed by atoms with Crippen molar-refractivity contribution in [3.63, 3.8) is 0 Å². The molecule has 11 heteroatoms. The molecule has 1 unspecified atom stereocenters. The van der Waals surface area contributed by atoms with Crippen molar-refractivity contribution in [1.82, 2.24) is 20.2 Å². The first kappa shape index (κ1) is 20.3. The average Bonchev–Trinajstić information content (AvgIpc) is 3.05. The second-order valence-corrected chi connectivity index (χ2v) is 6.43. The summed E-state index contributed by atoms with van der Waals surface area (Å²) >= 11 is -2.36. The molecule has 9 nitrogen and oxygen atoms in total. The number of hydrogen-bond donors (Lipinski definition) is 4. The minimum Gasteiger partial charge on any atom is -0.760 e. The third-order valence-corrected chi connectivity index (χ3v) is 3.73. The number of nitrogens with two attached hydrogens (primary N) is 1. The van der Waals surface area contributed by atoms with Crippen LogP contribution in [-0.4, -0.2) is 28.9 Å². The van der Waals surface area contributed by atoms with E-state index in [1.165, 1.54) is 17.7 Å². The molecule has 0 saturated heterocycles. The number of anilines is 4. The van der Waals surface area contributed by atoms with Gasteiger partial charge < -0.3 is 15.2 Å². The van der Waals surface area contributed by atoms with Crippen molar-refractivity contribution in [2.24, 2.45) is 5.14 Å². The Morgan fingerprint density at radius 3 is 2.59 bits per heavy atom. The van der Waals surface area contributed by atoms with Gasteiger partial charge in [0, 0.05) is 28.5 Å². The first-order valence-electron chi connectivity index (χ1n) is 8.32. The summed E-state index contributed by atoms with van der Waals surface area (Å²) in [4.78, 5) is 8.63. The molecule has 150 valence electrons. The first-order valence-corrected chi connectivity index (χ1v) is 9.45. The molecule has 0 aliphatic carbocycles. The van der Waals surface area contributed by atoms with Crippen molar-refractivity contribution in [1.29, 1.82) is 0 Å². The number of aromatic nitrogens is 4. The van der Waals surface area contributed by atoms with Crippen molar-refractivity contribution >= 4 is 45.4 Å². The van der Waals surface area contributed by atoms with E-state index in [9.17, 15) is 4.39 Å². The highest BCUT2D eigenvalue weighted by molar-refractivity contribution is 7.76.